The molecular formula is C28H34FNO6. The van der Waals surface area contributed by atoms with Crippen LogP contribution in [0.15, 0.2) is 47.6 Å². The van der Waals surface area contributed by atoms with E-state index in [0.29, 0.717) is 12.0 Å². The van der Waals surface area contributed by atoms with Crippen LogP contribution in [0.1, 0.15) is 34.1 Å². The molecule has 0 aliphatic heterocycles. The van der Waals surface area contributed by atoms with Gasteiger partial charge in [-0.2, -0.15) is 0 Å². The summed E-state index contributed by atoms with van der Waals surface area (Å²) in [6, 6.07) is 5.72. The Morgan fingerprint density at radius 2 is 1.94 bits per heavy atom. The van der Waals surface area contributed by atoms with Crippen molar-refractivity contribution in [3.63, 3.8) is 0 Å². The first-order valence-corrected chi connectivity index (χ1v) is 12.5. The minimum atomic E-state index is -2.23. The Hall–Kier alpha value is -2.55. The van der Waals surface area contributed by atoms with Crippen LogP contribution in [0.2, 0.25) is 0 Å². The molecule has 2 bridgehead atoms. The van der Waals surface area contributed by atoms with E-state index >= 15 is 0 Å². The molecule has 2 saturated carbocycles. The number of aliphatic hydroxyl groups is 3. The molecule has 3 N–H and O–H groups in total. The van der Waals surface area contributed by atoms with Crippen LogP contribution in [-0.4, -0.2) is 58.7 Å². The van der Waals surface area contributed by atoms with E-state index < -0.39 is 47.7 Å². The predicted octanol–water partition coefficient (Wildman–Crippen LogP) is 3.24. The van der Waals surface area contributed by atoms with Crippen LogP contribution < -0.4 is 4.90 Å². The number of nitrogens with zero attached hydrogens (tertiary/aromatic N) is 1. The average molecular weight is 500 g/mol. The topological polar surface area (TPSA) is 107 Å². The number of carbonyl (C=O) groups is 2. The smallest absolute Gasteiger partial charge is 0.414 e. The number of fused-ring (bicyclic) bond motifs is 3. The molecule has 1 amide bonds. The highest BCUT2D eigenvalue weighted by molar-refractivity contribution is 5.96. The Kier molecular flexibility index (Phi) is 5.56. The first-order valence-electron chi connectivity index (χ1n) is 12.5. The SMILES string of the molecule is CC1=C[C@]23C(=O)[C@@H](C=C(CO)[C@@H](O)[C@]2(O)[C@H]1OC(=O)N(C)c1ccccc1F)[C@H]1[C@@H](C[C@H]3C)C1(C)C. The number of hydrogen-bond donors (Lipinski definition) is 3. The number of amides is 1. The predicted molar refractivity (Wildman–Crippen MR) is 130 cm³/mol. The molecule has 5 rings (SSSR count). The Balaban J connectivity index is 1.59. The molecule has 0 heterocycles. The molecule has 7 nitrogen and oxygen atoms in total. The molecule has 0 saturated heterocycles. The fourth-order valence-electron chi connectivity index (χ4n) is 7.60. The van der Waals surface area contributed by atoms with Gasteiger partial charge in [-0.05, 0) is 59.8 Å². The molecule has 8 atom stereocenters. The summed E-state index contributed by atoms with van der Waals surface area (Å²) in [5.74, 6) is -1.51. The van der Waals surface area contributed by atoms with Gasteiger partial charge in [0.15, 0.2) is 17.5 Å². The van der Waals surface area contributed by atoms with Gasteiger partial charge in [-0.3, -0.25) is 9.69 Å². The quantitative estimate of drug-likeness (QED) is 0.552. The lowest BCUT2D eigenvalue weighted by molar-refractivity contribution is -0.189. The molecule has 36 heavy (non-hydrogen) atoms. The van der Waals surface area contributed by atoms with Crippen molar-refractivity contribution in [2.45, 2.75) is 51.9 Å². The third kappa shape index (κ3) is 3.01. The minimum Gasteiger partial charge on any atom is -0.438 e. The summed E-state index contributed by atoms with van der Waals surface area (Å²) in [4.78, 5) is 28.5. The van der Waals surface area contributed by atoms with E-state index in [9.17, 15) is 29.3 Å². The molecule has 1 spiro atoms. The number of hydrogen-bond acceptors (Lipinski definition) is 6. The van der Waals surface area contributed by atoms with Crippen LogP contribution in [0.25, 0.3) is 0 Å². The lowest BCUT2D eigenvalue weighted by Gasteiger charge is -2.48. The summed E-state index contributed by atoms with van der Waals surface area (Å²) < 4.78 is 20.1. The van der Waals surface area contributed by atoms with E-state index in [-0.39, 0.29) is 40.2 Å². The van der Waals surface area contributed by atoms with Crippen molar-refractivity contribution >= 4 is 17.6 Å². The van der Waals surface area contributed by atoms with Crippen molar-refractivity contribution in [2.75, 3.05) is 18.6 Å². The molecule has 194 valence electrons. The van der Waals surface area contributed by atoms with Crippen molar-refractivity contribution in [3.8, 4) is 0 Å². The first-order chi connectivity index (χ1) is 16.8. The Bertz CT molecular complexity index is 1190. The number of ketones is 1. The molecule has 4 aliphatic carbocycles. The number of para-hydroxylation sites is 1. The number of ether oxygens (including phenoxy) is 1. The molecule has 4 aliphatic rings. The molecule has 0 radical (unpaired) electrons. The number of halogens is 1. The highest BCUT2D eigenvalue weighted by Gasteiger charge is 2.76. The highest BCUT2D eigenvalue weighted by atomic mass is 19.1. The maximum absolute atomic E-state index is 14.3. The standard InChI is InChI=1S/C28H34FNO6/c1-14-12-27-15(2)10-18-21(26(18,3)4)17(23(27)33)11-16(13-31)22(32)28(27,35)24(14)36-25(34)30(5)20-9-7-6-8-19(20)29/h6-9,11-12,15,17-18,21-22,24,31-32,35H,10,13H2,1-5H3/t15-,17+,18-,21+,22-,24+,27+,28+/m1/s1. The fraction of sp³-hybridized carbons (Fsp3) is 0.571. The van der Waals surface area contributed by atoms with Gasteiger partial charge >= 0.3 is 6.09 Å². The van der Waals surface area contributed by atoms with Crippen LogP contribution in [0.3, 0.4) is 0 Å². The lowest BCUT2D eigenvalue weighted by atomic mass is 9.59. The van der Waals surface area contributed by atoms with Crippen molar-refractivity contribution in [1.82, 2.24) is 0 Å². The first kappa shape index (κ1) is 25.1. The van der Waals surface area contributed by atoms with Gasteiger partial charge in [0.2, 0.25) is 0 Å². The highest BCUT2D eigenvalue weighted by Crippen LogP contribution is 2.71. The van der Waals surface area contributed by atoms with E-state index in [1.54, 1.807) is 25.1 Å². The summed E-state index contributed by atoms with van der Waals surface area (Å²) in [7, 11) is 1.35. The maximum atomic E-state index is 14.3. The number of anilines is 1. The number of carbonyl (C=O) groups excluding carboxylic acids is 2. The molecule has 1 aromatic carbocycles. The van der Waals surface area contributed by atoms with Gasteiger partial charge in [-0.1, -0.05) is 45.1 Å². The molecule has 1 aromatic rings. The second-order valence-corrected chi connectivity index (χ2v) is 11.6. The number of benzene rings is 1. The van der Waals surface area contributed by atoms with Gasteiger partial charge < -0.3 is 20.1 Å². The lowest BCUT2D eigenvalue weighted by Crippen LogP contribution is -2.66. The summed E-state index contributed by atoms with van der Waals surface area (Å²) in [6.45, 7) is 7.25. The Morgan fingerprint density at radius 1 is 1.28 bits per heavy atom. The van der Waals surface area contributed by atoms with E-state index in [0.717, 1.165) is 4.90 Å². The number of allylic oxidation sites excluding steroid dienone is 1. The Morgan fingerprint density at radius 3 is 2.58 bits per heavy atom. The van der Waals surface area contributed by atoms with Crippen LogP contribution in [0, 0.1) is 40.3 Å². The number of rotatable bonds is 3. The number of Topliss-reactive ketones (excluding diaryl/α,β-unsaturated/α-hetero) is 1. The van der Waals surface area contributed by atoms with Gasteiger partial charge in [0.05, 0.1) is 17.7 Å². The summed E-state index contributed by atoms with van der Waals surface area (Å²) in [5.41, 5.74) is -3.27. The number of aliphatic hydroxyl groups excluding tert-OH is 2. The zero-order chi connectivity index (χ0) is 26.4. The Labute approximate surface area is 210 Å². The maximum Gasteiger partial charge on any atom is 0.414 e. The molecular weight excluding hydrogens is 465 g/mol. The monoisotopic (exact) mass is 499 g/mol. The molecule has 0 aromatic heterocycles. The zero-order valence-corrected chi connectivity index (χ0v) is 21.2. The summed E-state index contributed by atoms with van der Waals surface area (Å²) in [6.07, 6.45) is -0.00822. The fourth-order valence-corrected chi connectivity index (χ4v) is 7.60. The van der Waals surface area contributed by atoms with Gasteiger partial charge in [0.25, 0.3) is 0 Å². The van der Waals surface area contributed by atoms with Crippen LogP contribution in [0.5, 0.6) is 0 Å². The third-order valence-corrected chi connectivity index (χ3v) is 9.60. The summed E-state index contributed by atoms with van der Waals surface area (Å²) in [5, 5.41) is 34.1. The second kappa shape index (κ2) is 7.97. The second-order valence-electron chi connectivity index (χ2n) is 11.6. The van der Waals surface area contributed by atoms with Crippen molar-refractivity contribution in [1.29, 1.82) is 0 Å². The normalized spacial score (nSPS) is 40.2. The largest absolute Gasteiger partial charge is 0.438 e. The minimum absolute atomic E-state index is 0.0116. The van der Waals surface area contributed by atoms with E-state index in [1.165, 1.54) is 25.2 Å². The zero-order valence-electron chi connectivity index (χ0n) is 21.2. The van der Waals surface area contributed by atoms with Gasteiger partial charge in [0.1, 0.15) is 11.9 Å². The summed E-state index contributed by atoms with van der Waals surface area (Å²) >= 11 is 0. The van der Waals surface area contributed by atoms with E-state index in [4.69, 9.17) is 4.74 Å². The van der Waals surface area contributed by atoms with Gasteiger partial charge in [0, 0.05) is 13.0 Å². The van der Waals surface area contributed by atoms with Crippen LogP contribution in [0.4, 0.5) is 14.9 Å². The van der Waals surface area contributed by atoms with Crippen molar-refractivity contribution < 1.29 is 34.0 Å². The van der Waals surface area contributed by atoms with Crippen molar-refractivity contribution in [2.24, 2.45) is 34.5 Å². The van der Waals surface area contributed by atoms with Crippen LogP contribution in [-0.2, 0) is 9.53 Å². The molecule has 0 unspecified atom stereocenters. The average Bonchev–Trinajstić information content (AvgIpc) is 3.32. The van der Waals surface area contributed by atoms with E-state index in [2.05, 4.69) is 13.8 Å². The van der Waals surface area contributed by atoms with Gasteiger partial charge in [-0.25, -0.2) is 9.18 Å². The molecule has 8 heteroatoms. The van der Waals surface area contributed by atoms with E-state index in [1.807, 2.05) is 6.92 Å². The van der Waals surface area contributed by atoms with Crippen molar-refractivity contribution in [3.05, 3.63) is 53.4 Å². The van der Waals surface area contributed by atoms with Gasteiger partial charge in [-0.15, -0.1) is 0 Å². The molecule has 2 fully saturated rings. The van der Waals surface area contributed by atoms with Crippen LogP contribution >= 0.6 is 0 Å². The third-order valence-electron chi connectivity index (χ3n) is 9.60.